The lowest BCUT2D eigenvalue weighted by molar-refractivity contribution is -0.126. The van der Waals surface area contributed by atoms with Gasteiger partial charge < -0.3 is 14.6 Å². The van der Waals surface area contributed by atoms with E-state index in [4.69, 9.17) is 4.74 Å². The van der Waals surface area contributed by atoms with Gasteiger partial charge in [-0.2, -0.15) is 0 Å². The Morgan fingerprint density at radius 1 is 1.46 bits per heavy atom. The first-order valence-corrected chi connectivity index (χ1v) is 8.70. The van der Waals surface area contributed by atoms with Crippen molar-refractivity contribution in [3.8, 4) is 0 Å². The summed E-state index contributed by atoms with van der Waals surface area (Å²) in [6, 6.07) is 7.53. The average Bonchev–Trinajstić information content (AvgIpc) is 3.15. The summed E-state index contributed by atoms with van der Waals surface area (Å²) in [4.78, 5) is 30.0. The van der Waals surface area contributed by atoms with Crippen LogP contribution in [0.2, 0.25) is 0 Å². The molecule has 1 aliphatic rings. The summed E-state index contributed by atoms with van der Waals surface area (Å²) in [5, 5.41) is 3.01. The Morgan fingerprint density at radius 3 is 2.96 bits per heavy atom. The lowest BCUT2D eigenvalue weighted by Crippen LogP contribution is -2.39. The van der Waals surface area contributed by atoms with E-state index in [-0.39, 0.29) is 11.9 Å². The number of benzene rings is 1. The number of ether oxygens (including phenoxy) is 1. The molecule has 0 radical (unpaired) electrons. The number of nitrogens with zero attached hydrogens (tertiary/aromatic N) is 3. The molecule has 1 aromatic carbocycles. The van der Waals surface area contributed by atoms with Crippen molar-refractivity contribution in [1.29, 1.82) is 0 Å². The minimum absolute atomic E-state index is 0.194. The number of hydrogen-bond donors (Lipinski definition) is 1. The maximum Gasteiger partial charge on any atom is 0.324 e. The van der Waals surface area contributed by atoms with Crippen LogP contribution in [-0.2, 0) is 16.1 Å². The van der Waals surface area contributed by atoms with E-state index in [9.17, 15) is 9.59 Å². The summed E-state index contributed by atoms with van der Waals surface area (Å²) in [5.74, 6) is -0.194. The number of hydrogen-bond acceptors (Lipinski definition) is 5. The molecule has 0 aliphatic carbocycles. The Bertz CT molecular complexity index is 761. The number of urea groups is 1. The highest BCUT2D eigenvalue weighted by Gasteiger charge is 2.31. The number of amides is 3. The standard InChI is InChI=1S/C16H20N4O3S/c1-11(14(21)20-8-7-17-15(20)22)24-16-18-12-5-3-4-6-13(12)19(16)9-10-23-2/h3-6,11H,7-10H2,1-2H3,(H,17,22). The molecule has 128 valence electrons. The van der Waals surface area contributed by atoms with Gasteiger partial charge in [-0.05, 0) is 19.1 Å². The van der Waals surface area contributed by atoms with Crippen molar-refractivity contribution >= 4 is 34.7 Å². The quantitative estimate of drug-likeness (QED) is 0.805. The monoisotopic (exact) mass is 348 g/mol. The van der Waals surface area contributed by atoms with Crippen molar-refractivity contribution in [1.82, 2.24) is 19.8 Å². The molecule has 1 aromatic heterocycles. The summed E-state index contributed by atoms with van der Waals surface area (Å²) in [7, 11) is 1.66. The highest BCUT2D eigenvalue weighted by atomic mass is 32.2. The van der Waals surface area contributed by atoms with E-state index in [0.717, 1.165) is 16.2 Å². The third-order valence-electron chi connectivity index (χ3n) is 3.89. The molecule has 0 bridgehead atoms. The minimum Gasteiger partial charge on any atom is -0.383 e. The summed E-state index contributed by atoms with van der Waals surface area (Å²) >= 11 is 1.37. The number of nitrogens with one attached hydrogen (secondary N) is 1. The van der Waals surface area contributed by atoms with Crippen molar-refractivity contribution in [2.45, 2.75) is 23.9 Å². The Labute approximate surface area is 144 Å². The first-order valence-electron chi connectivity index (χ1n) is 7.82. The second-order valence-corrected chi connectivity index (χ2v) is 6.82. The highest BCUT2D eigenvalue weighted by Crippen LogP contribution is 2.28. The van der Waals surface area contributed by atoms with Crippen molar-refractivity contribution < 1.29 is 14.3 Å². The molecule has 1 saturated heterocycles. The molecule has 0 saturated carbocycles. The van der Waals surface area contributed by atoms with Gasteiger partial charge in [0.25, 0.3) is 0 Å². The summed E-state index contributed by atoms with van der Waals surface area (Å²) in [5.41, 5.74) is 1.89. The van der Waals surface area contributed by atoms with Gasteiger partial charge in [0.05, 0.1) is 22.9 Å². The molecule has 0 spiro atoms. The number of carbonyl (C=O) groups is 2. The molecule has 1 fully saturated rings. The zero-order valence-electron chi connectivity index (χ0n) is 13.7. The molecule has 8 heteroatoms. The van der Waals surface area contributed by atoms with Crippen LogP contribution in [0.5, 0.6) is 0 Å². The molecule has 2 aromatic rings. The minimum atomic E-state index is -0.396. The van der Waals surface area contributed by atoms with Crippen LogP contribution in [0.3, 0.4) is 0 Å². The predicted octanol–water partition coefficient (Wildman–Crippen LogP) is 1.72. The van der Waals surface area contributed by atoms with Gasteiger partial charge >= 0.3 is 6.03 Å². The Morgan fingerprint density at radius 2 is 2.25 bits per heavy atom. The van der Waals surface area contributed by atoms with Crippen molar-refractivity contribution in [3.63, 3.8) is 0 Å². The number of fused-ring (bicyclic) bond motifs is 1. The van der Waals surface area contributed by atoms with Gasteiger partial charge in [0, 0.05) is 26.7 Å². The SMILES string of the molecule is COCCn1c(SC(C)C(=O)N2CCNC2=O)nc2ccccc21. The molecule has 3 rings (SSSR count). The largest absolute Gasteiger partial charge is 0.383 e. The molecule has 1 atom stereocenters. The Balaban J connectivity index is 1.83. The maximum atomic E-state index is 12.5. The molecule has 1 aliphatic heterocycles. The molecule has 1 N–H and O–H groups in total. The summed E-state index contributed by atoms with van der Waals surface area (Å²) in [6.07, 6.45) is 0. The van der Waals surface area contributed by atoms with Gasteiger partial charge in [-0.15, -0.1) is 0 Å². The normalized spacial score (nSPS) is 15.8. The van der Waals surface area contributed by atoms with E-state index in [1.54, 1.807) is 14.0 Å². The highest BCUT2D eigenvalue weighted by molar-refractivity contribution is 8.00. The van der Waals surface area contributed by atoms with Crippen molar-refractivity contribution in [2.75, 3.05) is 26.8 Å². The molecule has 3 amide bonds. The number of imide groups is 1. The van der Waals surface area contributed by atoms with E-state index in [2.05, 4.69) is 14.9 Å². The second kappa shape index (κ2) is 7.23. The van der Waals surface area contributed by atoms with Crippen LogP contribution < -0.4 is 5.32 Å². The van der Waals surface area contributed by atoms with E-state index >= 15 is 0 Å². The van der Waals surface area contributed by atoms with Gasteiger partial charge in [-0.3, -0.25) is 9.69 Å². The number of thioether (sulfide) groups is 1. The topological polar surface area (TPSA) is 76.5 Å². The van der Waals surface area contributed by atoms with Gasteiger partial charge in [0.2, 0.25) is 5.91 Å². The summed E-state index contributed by atoms with van der Waals surface area (Å²) in [6.45, 7) is 3.95. The Hall–Kier alpha value is -2.06. The molecule has 24 heavy (non-hydrogen) atoms. The van der Waals surface area contributed by atoms with E-state index in [0.29, 0.717) is 26.2 Å². The third kappa shape index (κ3) is 3.25. The van der Waals surface area contributed by atoms with Crippen LogP contribution in [0.4, 0.5) is 4.79 Å². The number of imidazole rings is 1. The lowest BCUT2D eigenvalue weighted by Gasteiger charge is -2.17. The zero-order valence-corrected chi connectivity index (χ0v) is 14.5. The molecular formula is C16H20N4O3S. The fourth-order valence-electron chi connectivity index (χ4n) is 2.65. The van der Waals surface area contributed by atoms with Crippen LogP contribution in [0.15, 0.2) is 29.4 Å². The van der Waals surface area contributed by atoms with Crippen LogP contribution in [0.1, 0.15) is 6.92 Å². The first-order chi connectivity index (χ1) is 11.6. The molecular weight excluding hydrogens is 328 g/mol. The fourth-order valence-corrected chi connectivity index (χ4v) is 3.66. The zero-order chi connectivity index (χ0) is 17.1. The van der Waals surface area contributed by atoms with Crippen LogP contribution in [-0.4, -0.2) is 58.4 Å². The number of carbonyl (C=O) groups excluding carboxylic acids is 2. The van der Waals surface area contributed by atoms with Crippen LogP contribution in [0.25, 0.3) is 11.0 Å². The number of aromatic nitrogens is 2. The third-order valence-corrected chi connectivity index (χ3v) is 4.97. The molecule has 7 nitrogen and oxygen atoms in total. The van der Waals surface area contributed by atoms with E-state index < -0.39 is 5.25 Å². The van der Waals surface area contributed by atoms with Gasteiger partial charge in [0.1, 0.15) is 0 Å². The van der Waals surface area contributed by atoms with Gasteiger partial charge in [-0.25, -0.2) is 9.78 Å². The maximum absolute atomic E-state index is 12.5. The van der Waals surface area contributed by atoms with E-state index in [1.165, 1.54) is 16.7 Å². The van der Waals surface area contributed by atoms with Crippen molar-refractivity contribution in [3.05, 3.63) is 24.3 Å². The first kappa shape index (κ1) is 16.8. The molecule has 1 unspecified atom stereocenters. The summed E-state index contributed by atoms with van der Waals surface area (Å²) < 4.78 is 7.23. The van der Waals surface area contributed by atoms with Gasteiger partial charge in [-0.1, -0.05) is 23.9 Å². The molecule has 2 heterocycles. The average molecular weight is 348 g/mol. The van der Waals surface area contributed by atoms with Crippen LogP contribution in [0, 0.1) is 0 Å². The van der Waals surface area contributed by atoms with Crippen molar-refractivity contribution in [2.24, 2.45) is 0 Å². The predicted molar refractivity (Wildman–Crippen MR) is 92.0 cm³/mol. The Kier molecular flexibility index (Phi) is 5.06. The smallest absolute Gasteiger partial charge is 0.324 e. The van der Waals surface area contributed by atoms with Gasteiger partial charge in [0.15, 0.2) is 5.16 Å². The number of para-hydroxylation sites is 2. The van der Waals surface area contributed by atoms with E-state index in [1.807, 2.05) is 24.3 Å². The second-order valence-electron chi connectivity index (χ2n) is 5.51. The van der Waals surface area contributed by atoms with Crippen LogP contribution >= 0.6 is 11.8 Å². The fraction of sp³-hybridized carbons (Fsp3) is 0.438. The lowest BCUT2D eigenvalue weighted by atomic mass is 10.3. The number of methoxy groups -OCH3 is 1. The number of rotatable bonds is 6.